The maximum absolute atomic E-state index is 13.6. The SMILES string of the molecule is CC[C@@]1(O)C(=O)OCc2c1cc1n(c2=O)Cc2cc3c(C/C=N/OC)c(OC(=O)N4CCC(N5CCCCC5)CC4)ccc3nc2-1. The Labute approximate surface area is 266 Å². The molecule has 1 N–H and O–H groups in total. The zero-order chi connectivity index (χ0) is 32.0. The molecule has 12 nitrogen and oxygen atoms in total. The van der Waals surface area contributed by atoms with E-state index in [1.807, 2.05) is 6.07 Å². The van der Waals surface area contributed by atoms with Crippen LogP contribution in [0.1, 0.15) is 67.7 Å². The van der Waals surface area contributed by atoms with Crippen LogP contribution in [-0.2, 0) is 39.5 Å². The highest BCUT2D eigenvalue weighted by molar-refractivity contribution is 5.91. The fraction of sp³-hybridized carbons (Fsp3) is 0.500. The number of rotatable bonds is 6. The number of ether oxygens (including phenoxy) is 2. The number of hydrogen-bond acceptors (Lipinski definition) is 10. The third-order valence-electron chi connectivity index (χ3n) is 10.1. The van der Waals surface area contributed by atoms with Crippen LogP contribution in [0.3, 0.4) is 0 Å². The number of carbonyl (C=O) groups is 2. The maximum atomic E-state index is 13.6. The zero-order valence-corrected chi connectivity index (χ0v) is 26.3. The fourth-order valence-electron chi connectivity index (χ4n) is 7.46. The summed E-state index contributed by atoms with van der Waals surface area (Å²) in [6, 6.07) is 7.73. The van der Waals surface area contributed by atoms with Gasteiger partial charge in [0, 0.05) is 53.8 Å². The average Bonchev–Trinajstić information content (AvgIpc) is 3.45. The third kappa shape index (κ3) is 5.13. The van der Waals surface area contributed by atoms with Gasteiger partial charge in [-0.15, -0.1) is 0 Å². The molecule has 46 heavy (non-hydrogen) atoms. The predicted octanol–water partition coefficient (Wildman–Crippen LogP) is 3.70. The third-order valence-corrected chi connectivity index (χ3v) is 10.1. The molecule has 0 unspecified atom stereocenters. The molecule has 6 heterocycles. The van der Waals surface area contributed by atoms with Crippen LogP contribution in [0.4, 0.5) is 4.79 Å². The molecule has 0 aliphatic carbocycles. The molecule has 0 radical (unpaired) electrons. The molecule has 2 saturated heterocycles. The standard InChI is InChI=1S/C34H39N5O7/c1-3-34(43)26-18-28-30-21(19-39(28)31(40)25(26)20-45-32(34)41)17-24-23(9-12-35-44-2)29(8-7-27(24)36-30)46-33(42)38-15-10-22(11-16-38)37-13-5-4-6-14-37/h7-8,12,17-18,22,43H,3-6,9-11,13-16,19-20H2,1-2H3/b35-12+/t34-/m0/s1. The highest BCUT2D eigenvalue weighted by atomic mass is 16.6. The Balaban J connectivity index is 1.20. The van der Waals surface area contributed by atoms with Crippen LogP contribution in [0.15, 0.2) is 34.2 Å². The van der Waals surface area contributed by atoms with Crippen molar-refractivity contribution in [3.05, 3.63) is 56.9 Å². The van der Waals surface area contributed by atoms with Crippen LogP contribution in [0.25, 0.3) is 22.3 Å². The monoisotopic (exact) mass is 629 g/mol. The van der Waals surface area contributed by atoms with Crippen LogP contribution < -0.4 is 10.3 Å². The van der Waals surface area contributed by atoms with Crippen LogP contribution in [-0.4, -0.2) is 82.1 Å². The maximum Gasteiger partial charge on any atom is 0.415 e. The summed E-state index contributed by atoms with van der Waals surface area (Å²) >= 11 is 0. The Morgan fingerprint density at radius 3 is 2.67 bits per heavy atom. The van der Waals surface area contributed by atoms with Crippen LogP contribution in [0.2, 0.25) is 0 Å². The summed E-state index contributed by atoms with van der Waals surface area (Å²) < 4.78 is 12.8. The van der Waals surface area contributed by atoms with Crippen LogP contribution in [0.5, 0.6) is 5.75 Å². The second-order valence-electron chi connectivity index (χ2n) is 12.6. The molecule has 4 aliphatic heterocycles. The van der Waals surface area contributed by atoms with Gasteiger partial charge in [0.15, 0.2) is 5.60 Å². The van der Waals surface area contributed by atoms with Crippen LogP contribution in [0, 0.1) is 0 Å². The summed E-state index contributed by atoms with van der Waals surface area (Å²) in [5.41, 5.74) is 1.64. The number of oxime groups is 1. The average molecular weight is 630 g/mol. The molecule has 0 saturated carbocycles. The van der Waals surface area contributed by atoms with E-state index >= 15 is 0 Å². The van der Waals surface area contributed by atoms with Gasteiger partial charge in [-0.2, -0.15) is 0 Å². The van der Waals surface area contributed by atoms with E-state index in [9.17, 15) is 19.5 Å². The molecule has 3 aromatic rings. The molecule has 0 bridgehead atoms. The highest BCUT2D eigenvalue weighted by Crippen LogP contribution is 2.40. The molecule has 1 atom stereocenters. The number of fused-ring (bicyclic) bond motifs is 5. The Morgan fingerprint density at radius 1 is 1.15 bits per heavy atom. The number of aromatic nitrogens is 2. The van der Waals surface area contributed by atoms with Crippen molar-refractivity contribution < 1.29 is 29.0 Å². The first-order chi connectivity index (χ1) is 22.3. The largest absolute Gasteiger partial charge is 0.458 e. The number of hydrogen-bond donors (Lipinski definition) is 1. The summed E-state index contributed by atoms with van der Waals surface area (Å²) in [5, 5.41) is 15.9. The number of amides is 1. The van der Waals surface area contributed by atoms with E-state index in [4.69, 9.17) is 19.3 Å². The predicted molar refractivity (Wildman–Crippen MR) is 170 cm³/mol. The second kappa shape index (κ2) is 12.1. The lowest BCUT2D eigenvalue weighted by Gasteiger charge is -2.39. The number of nitrogens with zero attached hydrogens (tertiary/aromatic N) is 5. The summed E-state index contributed by atoms with van der Waals surface area (Å²) in [6.07, 6.45) is 7.32. The lowest BCUT2D eigenvalue weighted by Crippen LogP contribution is -2.48. The molecule has 7 rings (SSSR count). The van der Waals surface area contributed by atoms with Crippen molar-refractivity contribution >= 4 is 29.2 Å². The molecule has 242 valence electrons. The van der Waals surface area contributed by atoms with Crippen molar-refractivity contribution in [2.45, 2.75) is 76.7 Å². The topological polar surface area (TPSA) is 136 Å². The Morgan fingerprint density at radius 2 is 1.93 bits per heavy atom. The van der Waals surface area contributed by atoms with E-state index in [-0.39, 0.29) is 42.4 Å². The van der Waals surface area contributed by atoms with E-state index in [1.54, 1.807) is 40.8 Å². The van der Waals surface area contributed by atoms with Gasteiger partial charge in [-0.05, 0) is 69.5 Å². The van der Waals surface area contributed by atoms with E-state index in [0.29, 0.717) is 48.2 Å². The minimum absolute atomic E-state index is 0.0735. The number of benzene rings is 1. The summed E-state index contributed by atoms with van der Waals surface area (Å²) in [4.78, 5) is 53.7. The minimum Gasteiger partial charge on any atom is -0.458 e. The smallest absolute Gasteiger partial charge is 0.415 e. The molecular weight excluding hydrogens is 590 g/mol. The van der Waals surface area contributed by atoms with Crippen molar-refractivity contribution in [1.29, 1.82) is 0 Å². The molecule has 1 aromatic carbocycles. The van der Waals surface area contributed by atoms with Gasteiger partial charge < -0.3 is 33.8 Å². The van der Waals surface area contributed by atoms with Gasteiger partial charge in [-0.3, -0.25) is 4.79 Å². The summed E-state index contributed by atoms with van der Waals surface area (Å²) in [6.45, 7) is 5.36. The van der Waals surface area contributed by atoms with E-state index in [0.717, 1.165) is 42.4 Å². The van der Waals surface area contributed by atoms with Gasteiger partial charge >= 0.3 is 12.1 Å². The Kier molecular flexibility index (Phi) is 8.02. The summed E-state index contributed by atoms with van der Waals surface area (Å²) in [5.74, 6) is -0.334. The zero-order valence-electron chi connectivity index (χ0n) is 26.3. The van der Waals surface area contributed by atoms with Crippen molar-refractivity contribution in [3.8, 4) is 17.1 Å². The van der Waals surface area contributed by atoms with Gasteiger partial charge in [0.25, 0.3) is 5.56 Å². The first kappa shape index (κ1) is 30.4. The normalized spacial score (nSPS) is 21.6. The van der Waals surface area contributed by atoms with E-state index in [1.165, 1.54) is 26.4 Å². The van der Waals surface area contributed by atoms with Gasteiger partial charge in [0.1, 0.15) is 19.5 Å². The quantitative estimate of drug-likeness (QED) is 0.192. The number of piperidine rings is 2. The van der Waals surface area contributed by atoms with Crippen molar-refractivity contribution in [3.63, 3.8) is 0 Å². The first-order valence-electron chi connectivity index (χ1n) is 16.2. The Bertz CT molecular complexity index is 1790. The number of cyclic esters (lactones) is 1. The Hall–Kier alpha value is -4.29. The number of esters is 1. The number of aliphatic hydroxyl groups is 1. The fourth-order valence-corrected chi connectivity index (χ4v) is 7.46. The first-order valence-corrected chi connectivity index (χ1v) is 16.2. The van der Waals surface area contributed by atoms with Gasteiger partial charge in [-0.1, -0.05) is 18.5 Å². The lowest BCUT2D eigenvalue weighted by atomic mass is 9.86. The molecule has 1 amide bonds. The summed E-state index contributed by atoms with van der Waals surface area (Å²) in [7, 11) is 1.47. The molecule has 12 heteroatoms. The highest BCUT2D eigenvalue weighted by Gasteiger charge is 2.45. The van der Waals surface area contributed by atoms with Crippen molar-refractivity contribution in [2.75, 3.05) is 33.3 Å². The van der Waals surface area contributed by atoms with Gasteiger partial charge in [0.05, 0.1) is 29.0 Å². The van der Waals surface area contributed by atoms with E-state index in [2.05, 4.69) is 10.1 Å². The molecule has 2 aromatic heterocycles. The lowest BCUT2D eigenvalue weighted by molar-refractivity contribution is -0.172. The molecule has 2 fully saturated rings. The number of likely N-dealkylation sites (tertiary alicyclic amines) is 2. The molecule has 4 aliphatic rings. The van der Waals surface area contributed by atoms with Crippen molar-refractivity contribution in [1.82, 2.24) is 19.4 Å². The number of pyridine rings is 2. The number of carbonyl (C=O) groups excluding carboxylic acids is 2. The van der Waals surface area contributed by atoms with E-state index < -0.39 is 11.6 Å². The molecular formula is C34H39N5O7. The molecule has 0 spiro atoms. The minimum atomic E-state index is -1.89. The van der Waals surface area contributed by atoms with Gasteiger partial charge in [0.2, 0.25) is 0 Å². The second-order valence-corrected chi connectivity index (χ2v) is 12.6. The van der Waals surface area contributed by atoms with Crippen molar-refractivity contribution in [2.24, 2.45) is 5.16 Å². The van der Waals surface area contributed by atoms with Gasteiger partial charge in [-0.25, -0.2) is 14.6 Å². The van der Waals surface area contributed by atoms with Crippen LogP contribution >= 0.6 is 0 Å².